The third kappa shape index (κ3) is 7.50. The van der Waals surface area contributed by atoms with Crippen LogP contribution in [0.4, 0.5) is 0 Å². The lowest BCUT2D eigenvalue weighted by Crippen LogP contribution is -2.37. The standard InChI is InChI=1S/C12H23N3O2.ClH/c1-2-6-14-12(17)9-15-11(16)4-3-10-5-7-13-8-10;/h10,13H,2-9H2,1H3,(H,14,17)(H,15,16);1H. The molecule has 1 aliphatic rings. The van der Waals surface area contributed by atoms with Gasteiger partial charge in [0.2, 0.25) is 11.8 Å². The van der Waals surface area contributed by atoms with E-state index < -0.39 is 0 Å². The number of halogens is 1. The van der Waals surface area contributed by atoms with Crippen molar-refractivity contribution < 1.29 is 9.59 Å². The Morgan fingerprint density at radius 1 is 1.28 bits per heavy atom. The number of carbonyl (C=O) groups is 2. The van der Waals surface area contributed by atoms with E-state index in [9.17, 15) is 9.59 Å². The Hall–Kier alpha value is -0.810. The molecule has 1 saturated heterocycles. The predicted molar refractivity (Wildman–Crippen MR) is 73.8 cm³/mol. The van der Waals surface area contributed by atoms with E-state index in [1.807, 2.05) is 6.92 Å². The summed E-state index contributed by atoms with van der Waals surface area (Å²) in [5.41, 5.74) is 0. The predicted octanol–water partition coefficient (Wildman–Crippen LogP) is 0.440. The van der Waals surface area contributed by atoms with Crippen LogP contribution in [-0.4, -0.2) is 38.0 Å². The fourth-order valence-electron chi connectivity index (χ4n) is 1.89. The van der Waals surface area contributed by atoms with Crippen molar-refractivity contribution in [2.24, 2.45) is 5.92 Å². The van der Waals surface area contributed by atoms with Crippen LogP contribution in [0.2, 0.25) is 0 Å². The SMILES string of the molecule is CCCNC(=O)CNC(=O)CCC1CCNC1.Cl. The van der Waals surface area contributed by atoms with Crippen LogP contribution in [-0.2, 0) is 9.59 Å². The van der Waals surface area contributed by atoms with E-state index in [-0.39, 0.29) is 30.8 Å². The van der Waals surface area contributed by atoms with Gasteiger partial charge in [0.15, 0.2) is 0 Å². The third-order valence-corrected chi connectivity index (χ3v) is 2.96. The molecule has 0 aliphatic carbocycles. The van der Waals surface area contributed by atoms with Crippen LogP contribution in [0.25, 0.3) is 0 Å². The van der Waals surface area contributed by atoms with Gasteiger partial charge in [0, 0.05) is 13.0 Å². The van der Waals surface area contributed by atoms with Crippen LogP contribution in [0.5, 0.6) is 0 Å². The van der Waals surface area contributed by atoms with E-state index in [1.54, 1.807) is 0 Å². The zero-order chi connectivity index (χ0) is 12.5. The van der Waals surface area contributed by atoms with Gasteiger partial charge in [0.25, 0.3) is 0 Å². The molecule has 6 heteroatoms. The van der Waals surface area contributed by atoms with Gasteiger partial charge in [-0.3, -0.25) is 9.59 Å². The van der Waals surface area contributed by atoms with Crippen molar-refractivity contribution in [3.63, 3.8) is 0 Å². The molecule has 3 N–H and O–H groups in total. The maximum atomic E-state index is 11.5. The molecular weight excluding hydrogens is 254 g/mol. The Morgan fingerprint density at radius 2 is 2.06 bits per heavy atom. The number of hydrogen-bond donors (Lipinski definition) is 3. The molecule has 18 heavy (non-hydrogen) atoms. The van der Waals surface area contributed by atoms with Crippen molar-refractivity contribution in [3.05, 3.63) is 0 Å². The first-order valence-electron chi connectivity index (χ1n) is 6.46. The normalized spacial score (nSPS) is 17.9. The summed E-state index contributed by atoms with van der Waals surface area (Å²) in [4.78, 5) is 22.7. The summed E-state index contributed by atoms with van der Waals surface area (Å²) < 4.78 is 0. The number of carbonyl (C=O) groups excluding carboxylic acids is 2. The van der Waals surface area contributed by atoms with E-state index in [4.69, 9.17) is 0 Å². The summed E-state index contributed by atoms with van der Waals surface area (Å²) in [6.07, 6.45) is 3.50. The highest BCUT2D eigenvalue weighted by Gasteiger charge is 2.15. The van der Waals surface area contributed by atoms with Gasteiger partial charge >= 0.3 is 0 Å². The van der Waals surface area contributed by atoms with Crippen LogP contribution < -0.4 is 16.0 Å². The molecule has 5 nitrogen and oxygen atoms in total. The summed E-state index contributed by atoms with van der Waals surface area (Å²) in [6.45, 7) is 4.84. The average Bonchev–Trinajstić information content (AvgIpc) is 2.84. The molecule has 0 aromatic heterocycles. The molecule has 0 saturated carbocycles. The maximum absolute atomic E-state index is 11.5. The molecule has 1 heterocycles. The van der Waals surface area contributed by atoms with E-state index >= 15 is 0 Å². The molecule has 1 atom stereocenters. The Balaban J connectivity index is 0.00000289. The minimum atomic E-state index is -0.109. The minimum absolute atomic E-state index is 0. The van der Waals surface area contributed by atoms with Gasteiger partial charge in [0.05, 0.1) is 6.54 Å². The molecule has 0 bridgehead atoms. The van der Waals surface area contributed by atoms with Crippen LogP contribution in [0, 0.1) is 5.92 Å². The summed E-state index contributed by atoms with van der Waals surface area (Å²) in [5, 5.41) is 8.64. The zero-order valence-corrected chi connectivity index (χ0v) is 11.8. The lowest BCUT2D eigenvalue weighted by molar-refractivity contribution is -0.126. The fourth-order valence-corrected chi connectivity index (χ4v) is 1.89. The molecule has 0 aromatic carbocycles. The Labute approximate surface area is 115 Å². The van der Waals surface area contributed by atoms with Gasteiger partial charge in [-0.2, -0.15) is 0 Å². The van der Waals surface area contributed by atoms with Crippen molar-refractivity contribution >= 4 is 24.2 Å². The number of hydrogen-bond acceptors (Lipinski definition) is 3. The van der Waals surface area contributed by atoms with E-state index in [0.717, 1.165) is 32.4 Å². The summed E-state index contributed by atoms with van der Waals surface area (Å²) in [5.74, 6) is 0.487. The van der Waals surface area contributed by atoms with Crippen molar-refractivity contribution in [1.29, 1.82) is 0 Å². The van der Waals surface area contributed by atoms with Crippen molar-refractivity contribution in [1.82, 2.24) is 16.0 Å². The van der Waals surface area contributed by atoms with E-state index in [0.29, 0.717) is 18.9 Å². The Bertz CT molecular complexity index is 256. The number of rotatable bonds is 7. The summed E-state index contributed by atoms with van der Waals surface area (Å²) in [7, 11) is 0. The van der Waals surface area contributed by atoms with Gasteiger partial charge < -0.3 is 16.0 Å². The Morgan fingerprint density at radius 3 is 2.67 bits per heavy atom. The Kier molecular flexibility index (Phi) is 9.69. The quantitative estimate of drug-likeness (QED) is 0.632. The smallest absolute Gasteiger partial charge is 0.239 e. The lowest BCUT2D eigenvalue weighted by atomic mass is 10.0. The van der Waals surface area contributed by atoms with E-state index in [2.05, 4.69) is 16.0 Å². The van der Waals surface area contributed by atoms with Crippen molar-refractivity contribution in [2.75, 3.05) is 26.2 Å². The zero-order valence-electron chi connectivity index (χ0n) is 11.0. The molecular formula is C12H24ClN3O2. The topological polar surface area (TPSA) is 70.2 Å². The van der Waals surface area contributed by atoms with Gasteiger partial charge in [-0.15, -0.1) is 12.4 Å². The second-order valence-corrected chi connectivity index (χ2v) is 4.52. The minimum Gasteiger partial charge on any atom is -0.355 e. The van der Waals surface area contributed by atoms with E-state index in [1.165, 1.54) is 0 Å². The third-order valence-electron chi connectivity index (χ3n) is 2.96. The molecule has 1 aliphatic heterocycles. The number of amides is 2. The van der Waals surface area contributed by atoms with Crippen LogP contribution in [0.3, 0.4) is 0 Å². The van der Waals surface area contributed by atoms with Crippen LogP contribution in [0.1, 0.15) is 32.6 Å². The van der Waals surface area contributed by atoms with Crippen LogP contribution >= 0.6 is 12.4 Å². The van der Waals surface area contributed by atoms with Gasteiger partial charge in [-0.25, -0.2) is 0 Å². The monoisotopic (exact) mass is 277 g/mol. The molecule has 0 spiro atoms. The van der Waals surface area contributed by atoms with Crippen LogP contribution in [0.15, 0.2) is 0 Å². The second-order valence-electron chi connectivity index (χ2n) is 4.52. The van der Waals surface area contributed by atoms with Crippen molar-refractivity contribution in [2.45, 2.75) is 32.6 Å². The largest absolute Gasteiger partial charge is 0.355 e. The molecule has 0 aromatic rings. The molecule has 0 radical (unpaired) electrons. The summed E-state index contributed by atoms with van der Waals surface area (Å²) >= 11 is 0. The molecule has 1 fully saturated rings. The van der Waals surface area contributed by atoms with Gasteiger partial charge in [-0.05, 0) is 38.3 Å². The van der Waals surface area contributed by atoms with Gasteiger partial charge in [-0.1, -0.05) is 6.92 Å². The molecule has 1 unspecified atom stereocenters. The van der Waals surface area contributed by atoms with Gasteiger partial charge in [0.1, 0.15) is 0 Å². The highest BCUT2D eigenvalue weighted by Crippen LogP contribution is 2.13. The highest BCUT2D eigenvalue weighted by atomic mass is 35.5. The molecule has 1 rings (SSSR count). The maximum Gasteiger partial charge on any atom is 0.239 e. The fraction of sp³-hybridized carbons (Fsp3) is 0.833. The first-order chi connectivity index (χ1) is 8.22. The van der Waals surface area contributed by atoms with Crippen molar-refractivity contribution in [3.8, 4) is 0 Å². The summed E-state index contributed by atoms with van der Waals surface area (Å²) in [6, 6.07) is 0. The first kappa shape index (κ1) is 17.2. The lowest BCUT2D eigenvalue weighted by Gasteiger charge is -2.08. The molecule has 106 valence electrons. The molecule has 2 amide bonds. The highest BCUT2D eigenvalue weighted by molar-refractivity contribution is 5.85. The number of nitrogens with one attached hydrogen (secondary N) is 3. The second kappa shape index (κ2) is 10.1. The average molecular weight is 278 g/mol. The first-order valence-corrected chi connectivity index (χ1v) is 6.46.